The molecule has 0 fully saturated rings. The van der Waals surface area contributed by atoms with Crippen LogP contribution in [0.5, 0.6) is 0 Å². The topological polar surface area (TPSA) is 63.8 Å². The molecule has 0 aliphatic heterocycles. The van der Waals surface area contributed by atoms with Crippen LogP contribution in [0.25, 0.3) is 5.69 Å². The summed E-state index contributed by atoms with van der Waals surface area (Å²) in [5, 5.41) is 13.8. The van der Waals surface area contributed by atoms with Crippen molar-refractivity contribution in [3.63, 3.8) is 0 Å². The number of hydrogen-bond acceptors (Lipinski definition) is 4. The van der Waals surface area contributed by atoms with Gasteiger partial charge in [0, 0.05) is 30.0 Å². The van der Waals surface area contributed by atoms with Gasteiger partial charge in [0.15, 0.2) is 0 Å². The van der Waals surface area contributed by atoms with E-state index >= 15 is 0 Å². The summed E-state index contributed by atoms with van der Waals surface area (Å²) >= 11 is 18.8. The van der Waals surface area contributed by atoms with Crippen LogP contribution >= 0.6 is 34.8 Å². The Morgan fingerprint density at radius 1 is 1.03 bits per heavy atom. The van der Waals surface area contributed by atoms with Crippen molar-refractivity contribution in [2.75, 3.05) is 13.2 Å². The van der Waals surface area contributed by atoms with Gasteiger partial charge in [0.25, 0.3) is 5.56 Å². The molecule has 5 nitrogen and oxygen atoms in total. The monoisotopic (exact) mass is 482 g/mol. The molecule has 0 spiro atoms. The van der Waals surface area contributed by atoms with E-state index in [1.54, 1.807) is 24.3 Å². The minimum absolute atomic E-state index is 0.0489. The van der Waals surface area contributed by atoms with Gasteiger partial charge in [-0.15, -0.1) is 0 Å². The third-order valence-electron chi connectivity index (χ3n) is 4.35. The number of halogens is 4. The number of para-hydroxylation sites is 1. The molecule has 0 aliphatic rings. The van der Waals surface area contributed by atoms with Crippen LogP contribution in [0.4, 0.5) is 4.39 Å². The molecule has 162 valence electrons. The first-order valence-corrected chi connectivity index (χ1v) is 10.5. The van der Waals surface area contributed by atoms with Gasteiger partial charge in [-0.25, -0.2) is 4.39 Å². The lowest BCUT2D eigenvalue weighted by Crippen LogP contribution is -2.20. The number of benzene rings is 2. The molecule has 0 radical (unpaired) electrons. The lowest BCUT2D eigenvalue weighted by molar-refractivity contribution is 0.134. The highest BCUT2D eigenvalue weighted by Crippen LogP contribution is 2.28. The predicted molar refractivity (Wildman–Crippen MR) is 121 cm³/mol. The van der Waals surface area contributed by atoms with Crippen molar-refractivity contribution in [1.29, 1.82) is 0 Å². The van der Waals surface area contributed by atoms with Gasteiger partial charge in [-0.2, -0.15) is 0 Å². The Balaban J connectivity index is 2.11. The first-order chi connectivity index (χ1) is 14.9. The zero-order valence-electron chi connectivity index (χ0n) is 16.2. The molecule has 0 unspecified atom stereocenters. The van der Waals surface area contributed by atoms with Crippen LogP contribution in [0, 0.1) is 5.82 Å². The van der Waals surface area contributed by atoms with Crippen molar-refractivity contribution in [3.05, 3.63) is 97.1 Å². The third kappa shape index (κ3) is 5.66. The number of rotatable bonds is 8. The zero-order chi connectivity index (χ0) is 22.4. The van der Waals surface area contributed by atoms with Crippen molar-refractivity contribution >= 4 is 40.5 Å². The fraction of sp³-hybridized carbons (Fsp3) is 0.182. The summed E-state index contributed by atoms with van der Waals surface area (Å²) in [6.07, 6.45) is 2.68. The van der Waals surface area contributed by atoms with Crippen molar-refractivity contribution in [2.24, 2.45) is 5.16 Å². The molecule has 0 bridgehead atoms. The summed E-state index contributed by atoms with van der Waals surface area (Å²) in [5.74, 6) is -0.496. The standard InChI is InChI=1S/C22H18Cl3FN2O3/c23-17-4-3-5-18(24)22(17)28-13-14(6-9-20(28)30)21(27-31-11-2-1-10-29)16-8-7-15(26)12-19(16)25/h3-9,12-13,29H,1-2,10-11H2/b27-21+. The van der Waals surface area contributed by atoms with Gasteiger partial charge >= 0.3 is 0 Å². The van der Waals surface area contributed by atoms with E-state index in [9.17, 15) is 9.18 Å². The van der Waals surface area contributed by atoms with Gasteiger partial charge in [-0.05, 0) is 49.2 Å². The van der Waals surface area contributed by atoms with Crippen LogP contribution < -0.4 is 5.56 Å². The highest BCUT2D eigenvalue weighted by molar-refractivity contribution is 6.38. The second-order valence-corrected chi connectivity index (χ2v) is 7.75. The van der Waals surface area contributed by atoms with Gasteiger partial charge in [-0.1, -0.05) is 46.0 Å². The van der Waals surface area contributed by atoms with Crippen molar-refractivity contribution in [1.82, 2.24) is 4.57 Å². The first kappa shape index (κ1) is 23.3. The largest absolute Gasteiger partial charge is 0.396 e. The number of aliphatic hydroxyl groups excluding tert-OH is 1. The minimum Gasteiger partial charge on any atom is -0.396 e. The Hall–Kier alpha value is -2.38. The van der Waals surface area contributed by atoms with E-state index in [1.165, 1.54) is 35.0 Å². The van der Waals surface area contributed by atoms with Crippen LogP contribution in [0.3, 0.4) is 0 Å². The molecule has 2 aromatic carbocycles. The maximum absolute atomic E-state index is 13.6. The smallest absolute Gasteiger partial charge is 0.255 e. The molecule has 0 saturated heterocycles. The molecule has 3 rings (SSSR count). The molecule has 0 aliphatic carbocycles. The fourth-order valence-corrected chi connectivity index (χ4v) is 3.68. The van der Waals surface area contributed by atoms with Gasteiger partial charge in [0.2, 0.25) is 0 Å². The lowest BCUT2D eigenvalue weighted by atomic mass is 10.0. The molecule has 3 aromatic rings. The van der Waals surface area contributed by atoms with Crippen LogP contribution in [0.2, 0.25) is 15.1 Å². The molecule has 1 heterocycles. The SMILES string of the molecule is O=c1ccc(/C(=N\OCCCCO)c2ccc(F)cc2Cl)cn1-c1c(Cl)cccc1Cl. The summed E-state index contributed by atoms with van der Waals surface area (Å²) in [6.45, 7) is 0.312. The maximum atomic E-state index is 13.6. The second kappa shape index (κ2) is 10.8. The normalized spacial score (nSPS) is 11.6. The highest BCUT2D eigenvalue weighted by Gasteiger charge is 2.16. The fourth-order valence-electron chi connectivity index (χ4n) is 2.85. The molecular weight excluding hydrogens is 466 g/mol. The molecule has 0 saturated carbocycles. The number of aliphatic hydroxyl groups is 1. The van der Waals surface area contributed by atoms with E-state index in [2.05, 4.69) is 5.16 Å². The van der Waals surface area contributed by atoms with Crippen molar-refractivity contribution < 1.29 is 14.3 Å². The molecule has 1 N–H and O–H groups in total. The molecule has 9 heteroatoms. The average molecular weight is 484 g/mol. The average Bonchev–Trinajstić information content (AvgIpc) is 2.73. The van der Waals surface area contributed by atoms with Gasteiger partial charge in [0.05, 0.1) is 20.8 Å². The number of hydrogen-bond donors (Lipinski definition) is 1. The molecular formula is C22H18Cl3FN2O3. The van der Waals surface area contributed by atoms with E-state index in [0.29, 0.717) is 45.4 Å². The van der Waals surface area contributed by atoms with E-state index in [0.717, 1.165) is 0 Å². The van der Waals surface area contributed by atoms with E-state index in [1.807, 2.05) is 0 Å². The second-order valence-electron chi connectivity index (χ2n) is 6.52. The molecule has 0 atom stereocenters. The first-order valence-electron chi connectivity index (χ1n) is 9.36. The quantitative estimate of drug-likeness (QED) is 0.262. The predicted octanol–water partition coefficient (Wildman–Crippen LogP) is 5.48. The Morgan fingerprint density at radius 2 is 1.77 bits per heavy atom. The van der Waals surface area contributed by atoms with Crippen LogP contribution in [-0.2, 0) is 4.84 Å². The van der Waals surface area contributed by atoms with E-state index in [-0.39, 0.29) is 23.8 Å². The Bertz CT molecular complexity index is 1140. The summed E-state index contributed by atoms with van der Waals surface area (Å²) in [4.78, 5) is 18.0. The summed E-state index contributed by atoms with van der Waals surface area (Å²) < 4.78 is 14.9. The Labute approximate surface area is 193 Å². The van der Waals surface area contributed by atoms with Gasteiger partial charge in [0.1, 0.15) is 18.1 Å². The van der Waals surface area contributed by atoms with Crippen LogP contribution in [0.15, 0.2) is 64.7 Å². The number of aromatic nitrogens is 1. The lowest BCUT2D eigenvalue weighted by Gasteiger charge is -2.14. The third-order valence-corrected chi connectivity index (χ3v) is 5.27. The molecule has 0 amide bonds. The van der Waals surface area contributed by atoms with Crippen LogP contribution in [-0.4, -0.2) is 28.6 Å². The Kier molecular flexibility index (Phi) is 8.09. The minimum atomic E-state index is -0.496. The summed E-state index contributed by atoms with van der Waals surface area (Å²) in [5.41, 5.74) is 1.16. The van der Waals surface area contributed by atoms with Gasteiger partial charge < -0.3 is 9.94 Å². The highest BCUT2D eigenvalue weighted by atomic mass is 35.5. The molecule has 31 heavy (non-hydrogen) atoms. The van der Waals surface area contributed by atoms with Crippen molar-refractivity contribution in [3.8, 4) is 5.69 Å². The number of pyridine rings is 1. The molecule has 1 aromatic heterocycles. The van der Waals surface area contributed by atoms with E-state index < -0.39 is 5.82 Å². The maximum Gasteiger partial charge on any atom is 0.255 e. The number of unbranched alkanes of at least 4 members (excludes halogenated alkanes) is 1. The number of nitrogens with zero attached hydrogens (tertiary/aromatic N) is 2. The summed E-state index contributed by atoms with van der Waals surface area (Å²) in [7, 11) is 0. The Morgan fingerprint density at radius 3 is 2.45 bits per heavy atom. The van der Waals surface area contributed by atoms with Crippen LogP contribution in [0.1, 0.15) is 24.0 Å². The van der Waals surface area contributed by atoms with E-state index in [4.69, 9.17) is 44.7 Å². The van der Waals surface area contributed by atoms with Gasteiger partial charge in [-0.3, -0.25) is 9.36 Å². The number of oxime groups is 1. The summed E-state index contributed by atoms with van der Waals surface area (Å²) in [6, 6.07) is 11.7. The van der Waals surface area contributed by atoms with Crippen molar-refractivity contribution in [2.45, 2.75) is 12.8 Å². The zero-order valence-corrected chi connectivity index (χ0v) is 18.5.